The molecule has 1 saturated heterocycles. The minimum absolute atomic E-state index is 0.202. The molecular formula is C24H30N4O4. The Morgan fingerprint density at radius 2 is 2.00 bits per heavy atom. The van der Waals surface area contributed by atoms with Gasteiger partial charge in [-0.15, -0.1) is 0 Å². The van der Waals surface area contributed by atoms with E-state index >= 15 is 0 Å². The largest absolute Gasteiger partial charge is 0.458 e. The summed E-state index contributed by atoms with van der Waals surface area (Å²) in [6.45, 7) is 8.91. The first kappa shape index (κ1) is 22.2. The number of esters is 1. The number of aromatic nitrogens is 2. The van der Waals surface area contributed by atoms with Crippen molar-refractivity contribution in [3.8, 4) is 11.3 Å². The van der Waals surface area contributed by atoms with Crippen molar-refractivity contribution in [1.82, 2.24) is 14.9 Å². The standard InChI is InChI=1S/C24H30N4O4/c1-14(23(30)32-24(2,3)4)28-13-17-6-5-16(11-18(17)22(28)29)20-21(25)26-12-19(27-20)15-7-9-31-10-8-15/h5-6,11-12,14-15H,7-10,13H2,1-4H3,(H2,25,26)/t14-/m1/s1. The summed E-state index contributed by atoms with van der Waals surface area (Å²) >= 11 is 0. The highest BCUT2D eigenvalue weighted by Gasteiger charge is 2.36. The maximum atomic E-state index is 13.1. The number of rotatable bonds is 4. The van der Waals surface area contributed by atoms with Gasteiger partial charge in [0.05, 0.1) is 11.9 Å². The number of hydrogen-bond donors (Lipinski definition) is 1. The average molecular weight is 439 g/mol. The van der Waals surface area contributed by atoms with Crippen molar-refractivity contribution >= 4 is 17.7 Å². The number of hydrogen-bond acceptors (Lipinski definition) is 7. The van der Waals surface area contributed by atoms with Crippen LogP contribution in [0, 0.1) is 0 Å². The summed E-state index contributed by atoms with van der Waals surface area (Å²) < 4.78 is 10.9. The highest BCUT2D eigenvalue weighted by Crippen LogP contribution is 2.33. The Bertz CT molecular complexity index is 1040. The molecule has 0 aliphatic carbocycles. The number of nitrogen functional groups attached to an aromatic ring is 1. The maximum Gasteiger partial charge on any atom is 0.329 e. The van der Waals surface area contributed by atoms with E-state index in [1.54, 1.807) is 19.2 Å². The number of carbonyl (C=O) groups is 2. The topological polar surface area (TPSA) is 108 Å². The number of amides is 1. The Morgan fingerprint density at radius 3 is 2.69 bits per heavy atom. The van der Waals surface area contributed by atoms with Crippen LogP contribution in [-0.2, 0) is 20.8 Å². The van der Waals surface area contributed by atoms with Gasteiger partial charge in [0.1, 0.15) is 23.2 Å². The van der Waals surface area contributed by atoms with Crippen molar-refractivity contribution in [2.45, 2.75) is 64.6 Å². The first-order valence-electron chi connectivity index (χ1n) is 11.0. The summed E-state index contributed by atoms with van der Waals surface area (Å²) in [6.07, 6.45) is 3.54. The number of carbonyl (C=O) groups excluding carboxylic acids is 2. The Balaban J connectivity index is 1.59. The molecular weight excluding hydrogens is 408 g/mol. The van der Waals surface area contributed by atoms with Crippen LogP contribution in [0.25, 0.3) is 11.3 Å². The predicted molar refractivity (Wildman–Crippen MR) is 120 cm³/mol. The molecule has 1 fully saturated rings. The minimum Gasteiger partial charge on any atom is -0.458 e. The molecule has 0 spiro atoms. The maximum absolute atomic E-state index is 13.1. The van der Waals surface area contributed by atoms with Crippen molar-refractivity contribution in [2.75, 3.05) is 18.9 Å². The van der Waals surface area contributed by atoms with Crippen molar-refractivity contribution in [2.24, 2.45) is 0 Å². The highest BCUT2D eigenvalue weighted by atomic mass is 16.6. The summed E-state index contributed by atoms with van der Waals surface area (Å²) in [5, 5.41) is 0. The number of fused-ring (bicyclic) bond motifs is 1. The number of nitrogens with two attached hydrogens (primary N) is 1. The second-order valence-electron chi connectivity index (χ2n) is 9.43. The van der Waals surface area contributed by atoms with E-state index in [4.69, 9.17) is 20.2 Å². The van der Waals surface area contributed by atoms with E-state index in [-0.39, 0.29) is 11.8 Å². The monoisotopic (exact) mass is 438 g/mol. The average Bonchev–Trinajstić information content (AvgIpc) is 3.09. The molecule has 1 atom stereocenters. The Labute approximate surface area is 188 Å². The molecule has 32 heavy (non-hydrogen) atoms. The first-order chi connectivity index (χ1) is 15.1. The molecule has 0 bridgehead atoms. The normalized spacial score (nSPS) is 17.9. The fourth-order valence-corrected chi connectivity index (χ4v) is 4.11. The van der Waals surface area contributed by atoms with Crippen LogP contribution in [0.2, 0.25) is 0 Å². The van der Waals surface area contributed by atoms with Gasteiger partial charge < -0.3 is 20.1 Å². The van der Waals surface area contributed by atoms with Gasteiger partial charge in [-0.1, -0.05) is 12.1 Å². The molecule has 8 heteroatoms. The lowest BCUT2D eigenvalue weighted by molar-refractivity contribution is -0.159. The van der Waals surface area contributed by atoms with Gasteiger partial charge in [0.2, 0.25) is 0 Å². The number of benzene rings is 1. The van der Waals surface area contributed by atoms with E-state index in [2.05, 4.69) is 4.98 Å². The molecule has 2 aromatic rings. The first-order valence-corrected chi connectivity index (χ1v) is 11.0. The van der Waals surface area contributed by atoms with Gasteiger partial charge in [-0.2, -0.15) is 0 Å². The quantitative estimate of drug-likeness (QED) is 0.730. The van der Waals surface area contributed by atoms with Gasteiger partial charge in [0.15, 0.2) is 0 Å². The molecule has 2 N–H and O–H groups in total. The second-order valence-corrected chi connectivity index (χ2v) is 9.43. The molecule has 0 unspecified atom stereocenters. The molecule has 2 aliphatic rings. The smallest absolute Gasteiger partial charge is 0.329 e. The minimum atomic E-state index is -0.681. The molecule has 2 aliphatic heterocycles. The van der Waals surface area contributed by atoms with Crippen LogP contribution in [0.15, 0.2) is 24.4 Å². The summed E-state index contributed by atoms with van der Waals surface area (Å²) in [4.78, 5) is 36.3. The molecule has 1 aromatic carbocycles. The zero-order valence-corrected chi connectivity index (χ0v) is 19.1. The van der Waals surface area contributed by atoms with Crippen molar-refractivity contribution < 1.29 is 19.1 Å². The van der Waals surface area contributed by atoms with Crippen LogP contribution in [0.5, 0.6) is 0 Å². The molecule has 4 rings (SSSR count). The van der Waals surface area contributed by atoms with Gasteiger partial charge in [-0.3, -0.25) is 4.79 Å². The van der Waals surface area contributed by atoms with Crippen LogP contribution in [-0.4, -0.2) is 51.6 Å². The van der Waals surface area contributed by atoms with E-state index in [0.29, 0.717) is 36.8 Å². The van der Waals surface area contributed by atoms with Crippen molar-refractivity contribution in [3.63, 3.8) is 0 Å². The second kappa shape index (κ2) is 8.50. The van der Waals surface area contributed by atoms with Gasteiger partial charge in [-0.05, 0) is 52.2 Å². The fraction of sp³-hybridized carbons (Fsp3) is 0.500. The SMILES string of the molecule is C[C@H](C(=O)OC(C)(C)C)N1Cc2ccc(-c3nc(C4CCOCC4)cnc3N)cc2C1=O. The molecule has 3 heterocycles. The summed E-state index contributed by atoms with van der Waals surface area (Å²) in [5.74, 6) is -0.00695. The zero-order chi connectivity index (χ0) is 23.0. The molecule has 170 valence electrons. The van der Waals surface area contributed by atoms with E-state index < -0.39 is 17.6 Å². The predicted octanol–water partition coefficient (Wildman–Crippen LogP) is 3.31. The van der Waals surface area contributed by atoms with Crippen LogP contribution in [0.1, 0.15) is 68.1 Å². The van der Waals surface area contributed by atoms with E-state index in [0.717, 1.165) is 29.7 Å². The van der Waals surface area contributed by atoms with Crippen molar-refractivity contribution in [3.05, 3.63) is 41.2 Å². The molecule has 8 nitrogen and oxygen atoms in total. The van der Waals surface area contributed by atoms with Gasteiger partial charge in [0.25, 0.3) is 5.91 Å². The molecule has 1 amide bonds. The summed E-state index contributed by atoms with van der Waals surface area (Å²) in [5.41, 5.74) is 9.16. The molecule has 0 radical (unpaired) electrons. The fourth-order valence-electron chi connectivity index (χ4n) is 4.11. The van der Waals surface area contributed by atoms with Gasteiger partial charge in [0, 0.05) is 36.8 Å². The third kappa shape index (κ3) is 4.46. The van der Waals surface area contributed by atoms with Crippen LogP contribution in [0.3, 0.4) is 0 Å². The highest BCUT2D eigenvalue weighted by molar-refractivity contribution is 6.01. The van der Waals surface area contributed by atoms with Crippen LogP contribution in [0.4, 0.5) is 5.82 Å². The Morgan fingerprint density at radius 1 is 1.28 bits per heavy atom. The lowest BCUT2D eigenvalue weighted by Crippen LogP contribution is -2.42. The van der Waals surface area contributed by atoms with E-state index in [1.807, 2.05) is 32.9 Å². The van der Waals surface area contributed by atoms with E-state index in [9.17, 15) is 9.59 Å². The number of anilines is 1. The zero-order valence-electron chi connectivity index (χ0n) is 19.1. The van der Waals surface area contributed by atoms with Crippen molar-refractivity contribution in [1.29, 1.82) is 0 Å². The third-order valence-electron chi connectivity index (χ3n) is 5.89. The Kier molecular flexibility index (Phi) is 5.90. The van der Waals surface area contributed by atoms with E-state index in [1.165, 1.54) is 4.90 Å². The number of ether oxygens (including phenoxy) is 2. The van der Waals surface area contributed by atoms with Gasteiger partial charge >= 0.3 is 5.97 Å². The number of nitrogens with zero attached hydrogens (tertiary/aromatic N) is 3. The lowest BCUT2D eigenvalue weighted by atomic mass is 9.96. The molecule has 1 aromatic heterocycles. The molecule has 0 saturated carbocycles. The Hall–Kier alpha value is -3.00. The third-order valence-corrected chi connectivity index (χ3v) is 5.89. The lowest BCUT2D eigenvalue weighted by Gasteiger charge is -2.27. The van der Waals surface area contributed by atoms with Crippen LogP contribution < -0.4 is 5.73 Å². The van der Waals surface area contributed by atoms with Crippen LogP contribution >= 0.6 is 0 Å². The van der Waals surface area contributed by atoms with Gasteiger partial charge in [-0.25, -0.2) is 14.8 Å². The summed E-state index contributed by atoms with van der Waals surface area (Å²) in [6, 6.07) is 4.92. The summed E-state index contributed by atoms with van der Waals surface area (Å²) in [7, 11) is 0.